The first-order valence-electron chi connectivity index (χ1n) is 11.6. The summed E-state index contributed by atoms with van der Waals surface area (Å²) in [6.45, 7) is 5.52. The number of aromatic nitrogens is 3. The molecule has 0 radical (unpaired) electrons. The summed E-state index contributed by atoms with van der Waals surface area (Å²) in [5.41, 5.74) is 5.52. The van der Waals surface area contributed by atoms with Crippen molar-refractivity contribution in [2.45, 2.75) is 39.7 Å². The highest BCUT2D eigenvalue weighted by molar-refractivity contribution is 7.13. The molecular formula is C27H30N4O2S. The molecule has 7 heteroatoms. The predicted octanol–water partition coefficient (Wildman–Crippen LogP) is 5.76. The van der Waals surface area contributed by atoms with Crippen molar-refractivity contribution < 1.29 is 9.53 Å². The smallest absolute Gasteiger partial charge is 0.253 e. The van der Waals surface area contributed by atoms with Crippen LogP contribution in [-0.2, 0) is 13.0 Å². The Labute approximate surface area is 204 Å². The first kappa shape index (κ1) is 23.7. The minimum absolute atomic E-state index is 0.0330. The van der Waals surface area contributed by atoms with E-state index in [1.807, 2.05) is 61.7 Å². The third-order valence-corrected chi connectivity index (χ3v) is 6.74. The maximum atomic E-state index is 12.9. The van der Waals surface area contributed by atoms with Gasteiger partial charge in [-0.05, 0) is 55.8 Å². The molecule has 0 saturated carbocycles. The van der Waals surface area contributed by atoms with Crippen LogP contribution in [0.25, 0.3) is 22.0 Å². The lowest BCUT2D eigenvalue weighted by molar-refractivity contribution is 0.0952. The highest BCUT2D eigenvalue weighted by Crippen LogP contribution is 2.32. The fourth-order valence-electron chi connectivity index (χ4n) is 3.88. The molecule has 0 saturated heterocycles. The molecule has 3 aromatic heterocycles. The Morgan fingerprint density at radius 1 is 1.18 bits per heavy atom. The SMILES string of the molecule is CCCCNC(=O)c1cc(-c2csc(-c3ccc(OC)cc3)n2)n(CCc2ccccn2)c1C. The molecule has 0 fully saturated rings. The average Bonchev–Trinajstić information content (AvgIpc) is 3.48. The van der Waals surface area contributed by atoms with Crippen LogP contribution in [-0.4, -0.2) is 34.1 Å². The second kappa shape index (κ2) is 11.1. The molecule has 34 heavy (non-hydrogen) atoms. The van der Waals surface area contributed by atoms with E-state index in [1.54, 1.807) is 18.4 Å². The van der Waals surface area contributed by atoms with E-state index in [1.165, 1.54) is 0 Å². The van der Waals surface area contributed by atoms with Gasteiger partial charge < -0.3 is 14.6 Å². The quantitative estimate of drug-likeness (QED) is 0.297. The Morgan fingerprint density at radius 2 is 2.00 bits per heavy atom. The molecule has 4 aromatic rings. The maximum absolute atomic E-state index is 12.9. The number of carbonyl (C=O) groups excluding carboxylic acids is 1. The van der Waals surface area contributed by atoms with Crippen molar-refractivity contribution in [3.63, 3.8) is 0 Å². The van der Waals surface area contributed by atoms with Gasteiger partial charge in [0.05, 0.1) is 24.1 Å². The first-order valence-corrected chi connectivity index (χ1v) is 12.5. The number of aryl methyl sites for hydroxylation is 1. The van der Waals surface area contributed by atoms with Crippen LogP contribution in [0, 0.1) is 6.92 Å². The van der Waals surface area contributed by atoms with Gasteiger partial charge in [-0.25, -0.2) is 4.98 Å². The van der Waals surface area contributed by atoms with Crippen LogP contribution in [0.15, 0.2) is 60.1 Å². The monoisotopic (exact) mass is 474 g/mol. The van der Waals surface area contributed by atoms with Crippen molar-refractivity contribution in [1.82, 2.24) is 19.9 Å². The Hall–Kier alpha value is -3.45. The van der Waals surface area contributed by atoms with Gasteiger partial charge in [-0.3, -0.25) is 9.78 Å². The van der Waals surface area contributed by atoms with Gasteiger partial charge in [-0.1, -0.05) is 19.4 Å². The number of methoxy groups -OCH3 is 1. The molecule has 6 nitrogen and oxygen atoms in total. The van der Waals surface area contributed by atoms with Gasteiger partial charge in [0.2, 0.25) is 0 Å². The van der Waals surface area contributed by atoms with E-state index in [9.17, 15) is 4.79 Å². The number of amides is 1. The summed E-state index contributed by atoms with van der Waals surface area (Å²) in [5.74, 6) is 0.785. The highest BCUT2D eigenvalue weighted by Gasteiger charge is 2.20. The Kier molecular flexibility index (Phi) is 7.75. The van der Waals surface area contributed by atoms with Crippen LogP contribution in [0.1, 0.15) is 41.5 Å². The second-order valence-corrected chi connectivity index (χ2v) is 8.99. The number of hydrogen-bond donors (Lipinski definition) is 1. The molecule has 1 amide bonds. The third-order valence-electron chi connectivity index (χ3n) is 5.85. The number of unbranched alkanes of at least 4 members (excludes halogenated alkanes) is 1. The van der Waals surface area contributed by atoms with Gasteiger partial charge in [0.1, 0.15) is 10.8 Å². The summed E-state index contributed by atoms with van der Waals surface area (Å²) in [6, 6.07) is 15.8. The van der Waals surface area contributed by atoms with Gasteiger partial charge in [0.25, 0.3) is 5.91 Å². The standard InChI is InChI=1S/C27H30N4O2S/c1-4-5-14-29-26(32)23-17-25(31(19(23)2)16-13-21-8-6-7-15-28-21)24-18-34-27(30-24)20-9-11-22(33-3)12-10-20/h6-12,15,17-18H,4-5,13-14,16H2,1-3H3,(H,29,32). The van der Waals surface area contributed by atoms with Gasteiger partial charge in [0, 0.05) is 48.0 Å². The summed E-state index contributed by atoms with van der Waals surface area (Å²) in [7, 11) is 1.66. The zero-order chi connectivity index (χ0) is 23.9. The highest BCUT2D eigenvalue weighted by atomic mass is 32.1. The van der Waals surface area contributed by atoms with Gasteiger partial charge >= 0.3 is 0 Å². The molecule has 0 aliphatic heterocycles. The van der Waals surface area contributed by atoms with Gasteiger partial charge in [-0.15, -0.1) is 11.3 Å². The lowest BCUT2D eigenvalue weighted by Crippen LogP contribution is -2.24. The number of rotatable bonds is 10. The van der Waals surface area contributed by atoms with E-state index in [0.29, 0.717) is 12.1 Å². The number of pyridine rings is 1. The Balaban J connectivity index is 1.66. The fourth-order valence-corrected chi connectivity index (χ4v) is 4.70. The Bertz CT molecular complexity index is 1230. The topological polar surface area (TPSA) is 69.0 Å². The molecule has 1 aromatic carbocycles. The average molecular weight is 475 g/mol. The van der Waals surface area contributed by atoms with Gasteiger partial charge in [0.15, 0.2) is 0 Å². The van der Waals surface area contributed by atoms with Crippen LogP contribution in [0.5, 0.6) is 5.75 Å². The van der Waals surface area contributed by atoms with E-state index in [4.69, 9.17) is 9.72 Å². The summed E-state index contributed by atoms with van der Waals surface area (Å²) in [5, 5.41) is 6.05. The molecule has 4 rings (SSSR count). The molecule has 0 aliphatic carbocycles. The summed E-state index contributed by atoms with van der Waals surface area (Å²) in [6.07, 6.45) is 4.60. The molecule has 176 valence electrons. The van der Waals surface area contributed by atoms with Crippen molar-refractivity contribution >= 4 is 17.2 Å². The number of benzene rings is 1. The molecule has 3 heterocycles. The number of nitrogens with zero attached hydrogens (tertiary/aromatic N) is 3. The molecule has 0 spiro atoms. The van der Waals surface area contributed by atoms with Crippen molar-refractivity contribution in [3.8, 4) is 27.7 Å². The largest absolute Gasteiger partial charge is 0.497 e. The van der Waals surface area contributed by atoms with Crippen molar-refractivity contribution in [2.75, 3.05) is 13.7 Å². The number of nitrogens with one attached hydrogen (secondary N) is 1. The summed E-state index contributed by atoms with van der Waals surface area (Å²) in [4.78, 5) is 22.3. The lowest BCUT2D eigenvalue weighted by Gasteiger charge is -2.11. The first-order chi connectivity index (χ1) is 16.6. The number of hydrogen-bond acceptors (Lipinski definition) is 5. The van der Waals surface area contributed by atoms with Crippen LogP contribution < -0.4 is 10.1 Å². The van der Waals surface area contributed by atoms with Crippen LogP contribution in [0.4, 0.5) is 0 Å². The van der Waals surface area contributed by atoms with Crippen molar-refractivity contribution in [3.05, 3.63) is 77.1 Å². The lowest BCUT2D eigenvalue weighted by atomic mass is 10.2. The molecule has 1 N–H and O–H groups in total. The summed E-state index contributed by atoms with van der Waals surface area (Å²) >= 11 is 1.60. The summed E-state index contributed by atoms with van der Waals surface area (Å²) < 4.78 is 7.46. The molecule has 0 bridgehead atoms. The minimum Gasteiger partial charge on any atom is -0.497 e. The predicted molar refractivity (Wildman–Crippen MR) is 137 cm³/mol. The van der Waals surface area contributed by atoms with Crippen LogP contribution in [0.2, 0.25) is 0 Å². The van der Waals surface area contributed by atoms with E-state index in [0.717, 1.165) is 64.9 Å². The van der Waals surface area contributed by atoms with Gasteiger partial charge in [-0.2, -0.15) is 0 Å². The normalized spacial score (nSPS) is 10.9. The number of ether oxygens (including phenoxy) is 1. The number of thiazole rings is 1. The molecular weight excluding hydrogens is 444 g/mol. The molecule has 0 aliphatic rings. The van der Waals surface area contributed by atoms with Crippen molar-refractivity contribution in [2.24, 2.45) is 0 Å². The van der Waals surface area contributed by atoms with E-state index >= 15 is 0 Å². The Morgan fingerprint density at radius 3 is 2.71 bits per heavy atom. The van der Waals surface area contributed by atoms with E-state index in [-0.39, 0.29) is 5.91 Å². The van der Waals surface area contributed by atoms with E-state index < -0.39 is 0 Å². The van der Waals surface area contributed by atoms with Crippen LogP contribution in [0.3, 0.4) is 0 Å². The van der Waals surface area contributed by atoms with Crippen molar-refractivity contribution in [1.29, 1.82) is 0 Å². The van der Waals surface area contributed by atoms with E-state index in [2.05, 4.69) is 27.2 Å². The third kappa shape index (κ3) is 5.37. The molecule has 0 atom stereocenters. The zero-order valence-electron chi connectivity index (χ0n) is 19.9. The zero-order valence-corrected chi connectivity index (χ0v) is 20.7. The fraction of sp³-hybridized carbons (Fsp3) is 0.296. The second-order valence-electron chi connectivity index (χ2n) is 8.13. The number of carbonyl (C=O) groups is 1. The molecule has 0 unspecified atom stereocenters. The minimum atomic E-state index is -0.0330. The van der Waals surface area contributed by atoms with Crippen LogP contribution >= 0.6 is 11.3 Å². The maximum Gasteiger partial charge on any atom is 0.253 e.